The number of carbonyl (C=O) groups excluding carboxylic acids is 1. The molecule has 8 nitrogen and oxygen atoms in total. The molecule has 0 spiro atoms. The second kappa shape index (κ2) is 7.26. The molecular formula is C22H21FN6O2. The SMILES string of the molecule is Cc1nc(-c2cncc(-n3ccc4cc(C(=O)N5CCC(C)(F)CC5)cnc43)c2)no1. The molecule has 1 amide bonds. The van der Waals surface area contributed by atoms with Crippen LogP contribution in [0.25, 0.3) is 28.1 Å². The number of aromatic nitrogens is 5. The van der Waals surface area contributed by atoms with Gasteiger partial charge >= 0.3 is 0 Å². The van der Waals surface area contributed by atoms with Crippen LogP contribution in [0.5, 0.6) is 0 Å². The van der Waals surface area contributed by atoms with Crippen molar-refractivity contribution in [3.05, 3.63) is 54.4 Å². The lowest BCUT2D eigenvalue weighted by Crippen LogP contribution is -2.43. The third-order valence-corrected chi connectivity index (χ3v) is 5.65. The van der Waals surface area contributed by atoms with E-state index in [0.717, 1.165) is 16.6 Å². The molecule has 31 heavy (non-hydrogen) atoms. The van der Waals surface area contributed by atoms with Crippen LogP contribution in [-0.2, 0) is 0 Å². The minimum Gasteiger partial charge on any atom is -0.339 e. The lowest BCUT2D eigenvalue weighted by atomic mass is 9.95. The van der Waals surface area contributed by atoms with E-state index in [1.165, 1.54) is 0 Å². The zero-order valence-electron chi connectivity index (χ0n) is 17.2. The number of nitrogens with zero attached hydrogens (tertiary/aromatic N) is 6. The van der Waals surface area contributed by atoms with Crippen LogP contribution in [0.3, 0.4) is 0 Å². The van der Waals surface area contributed by atoms with Gasteiger partial charge in [0.1, 0.15) is 11.3 Å². The zero-order chi connectivity index (χ0) is 21.6. The molecule has 0 bridgehead atoms. The van der Waals surface area contributed by atoms with E-state index in [4.69, 9.17) is 4.52 Å². The van der Waals surface area contributed by atoms with Gasteiger partial charge in [0.2, 0.25) is 11.7 Å². The van der Waals surface area contributed by atoms with Crippen LogP contribution in [0.4, 0.5) is 4.39 Å². The number of rotatable bonds is 3. The van der Waals surface area contributed by atoms with Gasteiger partial charge in [0.15, 0.2) is 0 Å². The van der Waals surface area contributed by atoms with Crippen molar-refractivity contribution in [1.82, 2.24) is 29.6 Å². The fraction of sp³-hybridized carbons (Fsp3) is 0.318. The van der Waals surface area contributed by atoms with Crippen molar-refractivity contribution in [3.8, 4) is 17.1 Å². The molecule has 9 heteroatoms. The number of halogens is 1. The summed E-state index contributed by atoms with van der Waals surface area (Å²) in [5.74, 6) is 0.833. The Labute approximate surface area is 177 Å². The Hall–Kier alpha value is -3.62. The number of aryl methyl sites for hydroxylation is 1. The Morgan fingerprint density at radius 2 is 2.00 bits per heavy atom. The van der Waals surface area contributed by atoms with E-state index >= 15 is 0 Å². The lowest BCUT2D eigenvalue weighted by Gasteiger charge is -2.34. The maximum Gasteiger partial charge on any atom is 0.255 e. The highest BCUT2D eigenvalue weighted by Crippen LogP contribution is 2.27. The largest absolute Gasteiger partial charge is 0.339 e. The van der Waals surface area contributed by atoms with Gasteiger partial charge in [0.05, 0.1) is 17.4 Å². The molecule has 0 unspecified atom stereocenters. The molecule has 1 saturated heterocycles. The molecule has 5 heterocycles. The first-order valence-electron chi connectivity index (χ1n) is 10.1. The summed E-state index contributed by atoms with van der Waals surface area (Å²) in [5.41, 5.74) is 1.53. The third-order valence-electron chi connectivity index (χ3n) is 5.65. The predicted molar refractivity (Wildman–Crippen MR) is 112 cm³/mol. The van der Waals surface area contributed by atoms with Gasteiger partial charge in [0, 0.05) is 49.6 Å². The van der Waals surface area contributed by atoms with E-state index in [1.807, 2.05) is 29.0 Å². The molecule has 0 radical (unpaired) electrons. The zero-order valence-corrected chi connectivity index (χ0v) is 17.2. The van der Waals surface area contributed by atoms with E-state index < -0.39 is 5.67 Å². The van der Waals surface area contributed by atoms with Crippen molar-refractivity contribution < 1.29 is 13.7 Å². The van der Waals surface area contributed by atoms with Crippen molar-refractivity contribution in [2.75, 3.05) is 13.1 Å². The number of alkyl halides is 1. The first kappa shape index (κ1) is 19.3. The number of hydrogen-bond donors (Lipinski definition) is 0. The summed E-state index contributed by atoms with van der Waals surface area (Å²) in [6.07, 6.45) is 7.55. The Balaban J connectivity index is 1.43. The van der Waals surface area contributed by atoms with E-state index in [0.29, 0.717) is 48.9 Å². The van der Waals surface area contributed by atoms with Crippen molar-refractivity contribution >= 4 is 16.9 Å². The molecule has 0 aliphatic carbocycles. The van der Waals surface area contributed by atoms with Gasteiger partial charge in [-0.2, -0.15) is 4.98 Å². The maximum atomic E-state index is 14.0. The average Bonchev–Trinajstić information content (AvgIpc) is 3.39. The Bertz CT molecular complexity index is 1270. The van der Waals surface area contributed by atoms with Crippen LogP contribution in [0.1, 0.15) is 36.0 Å². The molecule has 5 rings (SSSR count). The summed E-state index contributed by atoms with van der Waals surface area (Å²) in [4.78, 5) is 27.6. The van der Waals surface area contributed by atoms with Gasteiger partial charge in [-0.05, 0) is 38.0 Å². The van der Waals surface area contributed by atoms with Gasteiger partial charge in [-0.25, -0.2) is 9.37 Å². The van der Waals surface area contributed by atoms with Crippen LogP contribution >= 0.6 is 0 Å². The average molecular weight is 420 g/mol. The van der Waals surface area contributed by atoms with Crippen LogP contribution in [0.2, 0.25) is 0 Å². The molecule has 0 N–H and O–H groups in total. The number of carbonyl (C=O) groups is 1. The smallest absolute Gasteiger partial charge is 0.255 e. The monoisotopic (exact) mass is 420 g/mol. The topological polar surface area (TPSA) is 89.9 Å². The summed E-state index contributed by atoms with van der Waals surface area (Å²) in [7, 11) is 0. The summed E-state index contributed by atoms with van der Waals surface area (Å²) in [6.45, 7) is 4.16. The number of piperidine rings is 1. The van der Waals surface area contributed by atoms with Crippen molar-refractivity contribution in [3.63, 3.8) is 0 Å². The van der Waals surface area contributed by atoms with Crippen LogP contribution < -0.4 is 0 Å². The summed E-state index contributed by atoms with van der Waals surface area (Å²) < 4.78 is 21.0. The maximum absolute atomic E-state index is 14.0. The number of amides is 1. The second-order valence-electron chi connectivity index (χ2n) is 8.10. The molecule has 0 atom stereocenters. The lowest BCUT2D eigenvalue weighted by molar-refractivity contribution is 0.0504. The fourth-order valence-corrected chi connectivity index (χ4v) is 3.81. The molecule has 4 aromatic heterocycles. The number of likely N-dealkylation sites (tertiary alicyclic amines) is 1. The summed E-state index contributed by atoms with van der Waals surface area (Å²) >= 11 is 0. The molecule has 1 aliphatic heterocycles. The van der Waals surface area contributed by atoms with E-state index in [2.05, 4.69) is 20.1 Å². The van der Waals surface area contributed by atoms with Gasteiger partial charge < -0.3 is 9.42 Å². The highest BCUT2D eigenvalue weighted by atomic mass is 19.1. The number of fused-ring (bicyclic) bond motifs is 1. The molecule has 1 aliphatic rings. The van der Waals surface area contributed by atoms with Crippen molar-refractivity contribution in [2.45, 2.75) is 32.4 Å². The highest BCUT2D eigenvalue weighted by Gasteiger charge is 2.32. The molecule has 158 valence electrons. The van der Waals surface area contributed by atoms with Gasteiger partial charge in [-0.3, -0.25) is 14.3 Å². The Kier molecular flexibility index (Phi) is 4.53. The molecule has 4 aromatic rings. The number of pyridine rings is 2. The van der Waals surface area contributed by atoms with E-state index in [1.54, 1.807) is 37.3 Å². The fourth-order valence-electron chi connectivity index (χ4n) is 3.81. The van der Waals surface area contributed by atoms with Crippen LogP contribution in [-0.4, -0.2) is 54.2 Å². The van der Waals surface area contributed by atoms with Crippen molar-refractivity contribution in [1.29, 1.82) is 0 Å². The molecular weight excluding hydrogens is 399 g/mol. The standard InChI is InChI=1S/C22H21FN6O2/c1-14-26-19(27-31-14)16-10-18(13-24-11-16)29-6-3-15-9-17(12-25-20(15)29)21(30)28-7-4-22(2,23)5-8-28/h3,6,9-13H,4-5,7-8H2,1-2H3. The van der Waals surface area contributed by atoms with E-state index in [-0.39, 0.29) is 5.91 Å². The normalized spacial score (nSPS) is 16.0. The van der Waals surface area contributed by atoms with Gasteiger partial charge in [-0.15, -0.1) is 0 Å². The first-order valence-corrected chi connectivity index (χ1v) is 10.1. The number of hydrogen-bond acceptors (Lipinski definition) is 6. The minimum atomic E-state index is -1.20. The van der Waals surface area contributed by atoms with E-state index in [9.17, 15) is 9.18 Å². The molecule has 0 aromatic carbocycles. The third kappa shape index (κ3) is 3.67. The second-order valence-corrected chi connectivity index (χ2v) is 8.10. The van der Waals surface area contributed by atoms with Gasteiger partial charge in [-0.1, -0.05) is 5.16 Å². The molecule has 1 fully saturated rings. The highest BCUT2D eigenvalue weighted by molar-refractivity contribution is 5.97. The van der Waals surface area contributed by atoms with Crippen molar-refractivity contribution in [2.24, 2.45) is 0 Å². The Morgan fingerprint density at radius 3 is 2.74 bits per heavy atom. The summed E-state index contributed by atoms with van der Waals surface area (Å²) in [6, 6.07) is 5.63. The quantitative estimate of drug-likeness (QED) is 0.502. The molecule has 0 saturated carbocycles. The van der Waals surface area contributed by atoms with Crippen LogP contribution in [0, 0.1) is 6.92 Å². The van der Waals surface area contributed by atoms with Gasteiger partial charge in [0.25, 0.3) is 5.91 Å². The minimum absolute atomic E-state index is 0.117. The summed E-state index contributed by atoms with van der Waals surface area (Å²) in [5, 5.41) is 4.77. The van der Waals surface area contributed by atoms with Crippen LogP contribution in [0.15, 0.2) is 47.5 Å². The Morgan fingerprint density at radius 1 is 1.19 bits per heavy atom. The predicted octanol–water partition coefficient (Wildman–Crippen LogP) is 3.74. The first-order chi connectivity index (χ1) is 14.9.